The SMILES string of the molecule is NNC(Cc1ccn(C2CCCC2)n1)C1CCCC1. The highest BCUT2D eigenvalue weighted by Crippen LogP contribution is 2.30. The third-order valence-corrected chi connectivity index (χ3v) is 4.97. The Morgan fingerprint density at radius 3 is 2.58 bits per heavy atom. The van der Waals surface area contributed by atoms with E-state index >= 15 is 0 Å². The highest BCUT2D eigenvalue weighted by atomic mass is 15.3. The van der Waals surface area contributed by atoms with Crippen molar-refractivity contribution in [3.8, 4) is 0 Å². The molecule has 0 radical (unpaired) electrons. The maximum absolute atomic E-state index is 5.74. The second-order valence-corrected chi connectivity index (χ2v) is 6.25. The minimum Gasteiger partial charge on any atom is -0.271 e. The molecule has 0 bridgehead atoms. The van der Waals surface area contributed by atoms with Crippen molar-refractivity contribution in [2.24, 2.45) is 11.8 Å². The third kappa shape index (κ3) is 3.00. The molecule has 2 aliphatic rings. The topological polar surface area (TPSA) is 55.9 Å². The quantitative estimate of drug-likeness (QED) is 0.633. The molecule has 4 nitrogen and oxygen atoms in total. The number of nitrogens with zero attached hydrogens (tertiary/aromatic N) is 2. The minimum absolute atomic E-state index is 0.398. The van der Waals surface area contributed by atoms with Crippen molar-refractivity contribution in [2.75, 3.05) is 0 Å². The summed E-state index contributed by atoms with van der Waals surface area (Å²) in [4.78, 5) is 0. The van der Waals surface area contributed by atoms with Crippen LogP contribution in [0.1, 0.15) is 63.1 Å². The van der Waals surface area contributed by atoms with Crippen LogP contribution in [-0.2, 0) is 6.42 Å². The van der Waals surface area contributed by atoms with Crippen LogP contribution in [0.25, 0.3) is 0 Å². The summed E-state index contributed by atoms with van der Waals surface area (Å²) < 4.78 is 2.19. The van der Waals surface area contributed by atoms with Crippen molar-refractivity contribution >= 4 is 0 Å². The Morgan fingerprint density at radius 1 is 1.21 bits per heavy atom. The average Bonchev–Trinajstić information content (AvgIpc) is 3.15. The Labute approximate surface area is 115 Å². The van der Waals surface area contributed by atoms with Crippen LogP contribution in [0.2, 0.25) is 0 Å². The molecule has 19 heavy (non-hydrogen) atoms. The molecule has 2 fully saturated rings. The number of hydrogen-bond acceptors (Lipinski definition) is 3. The van der Waals surface area contributed by atoms with Gasteiger partial charge in [-0.05, 0) is 37.7 Å². The Hall–Kier alpha value is -0.870. The smallest absolute Gasteiger partial charge is 0.0640 e. The number of rotatable bonds is 5. The molecule has 0 amide bonds. The molecule has 2 saturated carbocycles. The average molecular weight is 262 g/mol. The van der Waals surface area contributed by atoms with Gasteiger partial charge in [0.25, 0.3) is 0 Å². The van der Waals surface area contributed by atoms with Gasteiger partial charge in [0.1, 0.15) is 0 Å². The molecule has 4 heteroatoms. The second kappa shape index (κ2) is 6.06. The first-order valence-electron chi connectivity index (χ1n) is 7.87. The fourth-order valence-electron chi connectivity index (χ4n) is 3.81. The molecule has 3 N–H and O–H groups in total. The Kier molecular flexibility index (Phi) is 4.18. The molecule has 1 aromatic rings. The predicted molar refractivity (Wildman–Crippen MR) is 76.5 cm³/mol. The first kappa shape index (κ1) is 13.1. The van der Waals surface area contributed by atoms with Crippen LogP contribution in [-0.4, -0.2) is 15.8 Å². The summed E-state index contributed by atoms with van der Waals surface area (Å²) in [7, 11) is 0. The Bertz CT molecular complexity index is 389. The van der Waals surface area contributed by atoms with Crippen molar-refractivity contribution in [1.29, 1.82) is 0 Å². The lowest BCUT2D eigenvalue weighted by Gasteiger charge is -2.21. The van der Waals surface area contributed by atoms with Crippen molar-refractivity contribution < 1.29 is 0 Å². The number of aromatic nitrogens is 2. The van der Waals surface area contributed by atoms with Crippen molar-refractivity contribution in [2.45, 2.75) is 69.9 Å². The molecule has 106 valence electrons. The van der Waals surface area contributed by atoms with Gasteiger partial charge in [-0.25, -0.2) is 0 Å². The second-order valence-electron chi connectivity index (χ2n) is 6.25. The van der Waals surface area contributed by atoms with E-state index in [-0.39, 0.29) is 0 Å². The van der Waals surface area contributed by atoms with E-state index in [1.54, 1.807) is 0 Å². The molecule has 0 aliphatic heterocycles. The van der Waals surface area contributed by atoms with E-state index < -0.39 is 0 Å². The lowest BCUT2D eigenvalue weighted by molar-refractivity contribution is 0.356. The fourth-order valence-corrected chi connectivity index (χ4v) is 3.81. The summed E-state index contributed by atoms with van der Waals surface area (Å²) >= 11 is 0. The van der Waals surface area contributed by atoms with Crippen LogP contribution in [0, 0.1) is 5.92 Å². The van der Waals surface area contributed by atoms with E-state index in [0.717, 1.165) is 12.3 Å². The molecule has 2 aliphatic carbocycles. The molecule has 0 aromatic carbocycles. The minimum atomic E-state index is 0.398. The van der Waals surface area contributed by atoms with Crippen molar-refractivity contribution in [3.05, 3.63) is 18.0 Å². The summed E-state index contributed by atoms with van der Waals surface area (Å²) in [5.41, 5.74) is 4.22. The van der Waals surface area contributed by atoms with E-state index in [1.165, 1.54) is 57.1 Å². The molecule has 1 unspecified atom stereocenters. The zero-order chi connectivity index (χ0) is 13.1. The van der Waals surface area contributed by atoms with E-state index in [9.17, 15) is 0 Å². The van der Waals surface area contributed by atoms with Gasteiger partial charge in [-0.15, -0.1) is 0 Å². The summed E-state index contributed by atoms with van der Waals surface area (Å²) in [6, 6.07) is 3.22. The standard InChI is InChI=1S/C15H26N4/c16-17-15(12-5-1-2-6-12)11-13-9-10-19(18-13)14-7-3-4-8-14/h9-10,12,14-15,17H,1-8,11,16H2. The van der Waals surface area contributed by atoms with E-state index in [4.69, 9.17) is 10.9 Å². The molecule has 0 spiro atoms. The first-order chi connectivity index (χ1) is 9.36. The van der Waals surface area contributed by atoms with Crippen LogP contribution >= 0.6 is 0 Å². The van der Waals surface area contributed by atoms with Gasteiger partial charge in [0.05, 0.1) is 11.7 Å². The van der Waals surface area contributed by atoms with Gasteiger partial charge in [0.15, 0.2) is 0 Å². The van der Waals surface area contributed by atoms with Gasteiger partial charge in [0, 0.05) is 18.7 Å². The molecular formula is C15H26N4. The van der Waals surface area contributed by atoms with E-state index in [0.29, 0.717) is 12.1 Å². The normalized spacial score (nSPS) is 23.2. The first-order valence-corrected chi connectivity index (χ1v) is 7.87. The van der Waals surface area contributed by atoms with E-state index in [1.807, 2.05) is 0 Å². The van der Waals surface area contributed by atoms with Gasteiger partial charge >= 0.3 is 0 Å². The number of hydrazine groups is 1. The summed E-state index contributed by atoms with van der Waals surface area (Å²) in [6.45, 7) is 0. The van der Waals surface area contributed by atoms with E-state index in [2.05, 4.69) is 22.4 Å². The van der Waals surface area contributed by atoms with Crippen molar-refractivity contribution in [1.82, 2.24) is 15.2 Å². The maximum Gasteiger partial charge on any atom is 0.0640 e. The number of hydrogen-bond donors (Lipinski definition) is 2. The number of nitrogens with one attached hydrogen (secondary N) is 1. The van der Waals surface area contributed by atoms with Crippen molar-refractivity contribution in [3.63, 3.8) is 0 Å². The molecule has 1 heterocycles. The highest BCUT2D eigenvalue weighted by Gasteiger charge is 2.25. The molecule has 1 atom stereocenters. The largest absolute Gasteiger partial charge is 0.271 e. The predicted octanol–water partition coefficient (Wildman–Crippen LogP) is 2.56. The van der Waals surface area contributed by atoms with Crippen LogP contribution in [0.5, 0.6) is 0 Å². The zero-order valence-corrected chi connectivity index (χ0v) is 11.7. The molecule has 3 rings (SSSR count). The fraction of sp³-hybridized carbons (Fsp3) is 0.800. The van der Waals surface area contributed by atoms with Gasteiger partial charge in [-0.3, -0.25) is 16.0 Å². The van der Waals surface area contributed by atoms with Gasteiger partial charge in [-0.2, -0.15) is 5.10 Å². The van der Waals surface area contributed by atoms with Gasteiger partial charge < -0.3 is 0 Å². The Morgan fingerprint density at radius 2 is 1.89 bits per heavy atom. The van der Waals surface area contributed by atoms with Crippen LogP contribution in [0.4, 0.5) is 0 Å². The summed E-state index contributed by atoms with van der Waals surface area (Å²) in [5.74, 6) is 6.48. The van der Waals surface area contributed by atoms with Crippen LogP contribution < -0.4 is 11.3 Å². The monoisotopic (exact) mass is 262 g/mol. The highest BCUT2D eigenvalue weighted by molar-refractivity contribution is 5.03. The maximum atomic E-state index is 5.74. The molecule has 1 aromatic heterocycles. The molecular weight excluding hydrogens is 236 g/mol. The van der Waals surface area contributed by atoms with Gasteiger partial charge in [0.2, 0.25) is 0 Å². The van der Waals surface area contributed by atoms with Crippen LogP contribution in [0.15, 0.2) is 12.3 Å². The number of nitrogens with two attached hydrogens (primary N) is 1. The Balaban J connectivity index is 1.61. The lowest BCUT2D eigenvalue weighted by Crippen LogP contribution is -2.41. The summed E-state index contributed by atoms with van der Waals surface area (Å²) in [6.07, 6.45) is 13.8. The lowest BCUT2D eigenvalue weighted by atomic mass is 9.95. The molecule has 0 saturated heterocycles. The van der Waals surface area contributed by atoms with Gasteiger partial charge in [-0.1, -0.05) is 25.7 Å². The zero-order valence-electron chi connectivity index (χ0n) is 11.7. The van der Waals surface area contributed by atoms with Crippen LogP contribution in [0.3, 0.4) is 0 Å². The third-order valence-electron chi connectivity index (χ3n) is 4.97. The summed E-state index contributed by atoms with van der Waals surface area (Å²) in [5, 5.41) is 4.77.